The maximum absolute atomic E-state index is 13.8. The van der Waals surface area contributed by atoms with Crippen molar-refractivity contribution in [3.05, 3.63) is 45.9 Å². The lowest BCUT2D eigenvalue weighted by Gasteiger charge is -2.42. The summed E-state index contributed by atoms with van der Waals surface area (Å²) in [6.45, 7) is 20.9. The van der Waals surface area contributed by atoms with Gasteiger partial charge in [0.1, 0.15) is 10.5 Å². The minimum atomic E-state index is -2.09. The first-order chi connectivity index (χ1) is 21.3. The third-order valence-electron chi connectivity index (χ3n) is 9.70. The molecule has 0 N–H and O–H groups in total. The summed E-state index contributed by atoms with van der Waals surface area (Å²) in [5, 5.41) is 0.712. The van der Waals surface area contributed by atoms with E-state index in [9.17, 15) is 9.59 Å². The molecule has 4 heterocycles. The molecule has 2 aromatic heterocycles. The normalized spacial score (nSPS) is 20.6. The summed E-state index contributed by atoms with van der Waals surface area (Å²) in [6.07, 6.45) is 4.08. The Labute approximate surface area is 283 Å². The Hall–Kier alpha value is -2.66. The number of nitrogens with zero attached hydrogens (tertiary/aromatic N) is 3. The highest BCUT2D eigenvalue weighted by Crippen LogP contribution is 2.47. The summed E-state index contributed by atoms with van der Waals surface area (Å²) in [4.78, 5) is 35.7. The Bertz CT molecular complexity index is 1650. The number of anilines is 1. The largest absolute Gasteiger partial charge is 0.465 e. The third kappa shape index (κ3) is 6.82. The average molecular weight is 686 g/mol. The molecule has 0 aliphatic carbocycles. The monoisotopic (exact) mass is 685 g/mol. The number of halogens is 1. The van der Waals surface area contributed by atoms with Crippen LogP contribution in [0.3, 0.4) is 0 Å². The molecule has 1 saturated heterocycles. The van der Waals surface area contributed by atoms with Gasteiger partial charge in [-0.2, -0.15) is 0 Å². The lowest BCUT2D eigenvalue weighted by molar-refractivity contribution is 0.00114. The van der Waals surface area contributed by atoms with E-state index in [-0.39, 0.29) is 23.1 Å². The first-order valence-corrected chi connectivity index (χ1v) is 20.1. The number of aromatic nitrogens is 1. The molecule has 8 nitrogen and oxygen atoms in total. The van der Waals surface area contributed by atoms with Crippen LogP contribution in [0.15, 0.2) is 30.5 Å². The molecule has 1 fully saturated rings. The summed E-state index contributed by atoms with van der Waals surface area (Å²) in [5.41, 5.74) is 3.85. The fourth-order valence-electron chi connectivity index (χ4n) is 6.28. The predicted molar refractivity (Wildman–Crippen MR) is 190 cm³/mol. The van der Waals surface area contributed by atoms with Gasteiger partial charge in [-0.05, 0) is 94.9 Å². The number of thiophene rings is 1. The standard InChI is InChI=1S/C35H48ClN3O5SSi/c1-33(2,3)44-32(41)39-20-24(19-35(39,7)21-43-46(9,10)34(4,5)6)38-15-11-12-22-16-23(36)17-26(29(22)38)25-13-14-37-27-18-28(31(40)42-8)45-30(25)27/h13-14,16-18,24H,11-12,15,19-21H2,1-10H3/t24-,35+/m0/s1. The molecule has 2 aliphatic rings. The van der Waals surface area contributed by atoms with Gasteiger partial charge >= 0.3 is 12.1 Å². The molecule has 0 bridgehead atoms. The Morgan fingerprint density at radius 2 is 1.85 bits per heavy atom. The van der Waals surface area contributed by atoms with Crippen LogP contribution in [0.25, 0.3) is 21.3 Å². The van der Waals surface area contributed by atoms with E-state index in [4.69, 9.17) is 25.5 Å². The molecule has 2 atom stereocenters. The summed E-state index contributed by atoms with van der Waals surface area (Å²) in [5.74, 6) is -0.379. The van der Waals surface area contributed by atoms with Gasteiger partial charge in [0.05, 0.1) is 29.5 Å². The van der Waals surface area contributed by atoms with Crippen molar-refractivity contribution in [2.24, 2.45) is 0 Å². The topological polar surface area (TPSA) is 81.2 Å². The van der Waals surface area contributed by atoms with Gasteiger partial charge in [0.25, 0.3) is 0 Å². The number of pyridine rings is 1. The maximum atomic E-state index is 13.8. The Balaban J connectivity index is 1.57. The van der Waals surface area contributed by atoms with Gasteiger partial charge in [-0.25, -0.2) is 9.59 Å². The summed E-state index contributed by atoms with van der Waals surface area (Å²) in [7, 11) is -0.701. The number of ether oxygens (including phenoxy) is 2. The first kappa shape index (κ1) is 34.7. The van der Waals surface area contributed by atoms with E-state index in [0.717, 1.165) is 52.8 Å². The second-order valence-corrected chi connectivity index (χ2v) is 21.7. The molecule has 0 spiro atoms. The zero-order valence-electron chi connectivity index (χ0n) is 28.9. The molecule has 46 heavy (non-hydrogen) atoms. The average Bonchev–Trinajstić information content (AvgIpc) is 3.55. The van der Waals surface area contributed by atoms with E-state index in [1.165, 1.54) is 24.0 Å². The molecule has 0 unspecified atom stereocenters. The van der Waals surface area contributed by atoms with Crippen LogP contribution in [0.5, 0.6) is 0 Å². The zero-order valence-corrected chi connectivity index (χ0v) is 31.4. The Morgan fingerprint density at radius 1 is 1.13 bits per heavy atom. The number of hydrogen-bond acceptors (Lipinski definition) is 8. The second kappa shape index (κ2) is 12.4. The van der Waals surface area contributed by atoms with Crippen molar-refractivity contribution in [2.75, 3.05) is 31.7 Å². The highest BCUT2D eigenvalue weighted by Gasteiger charge is 2.50. The SMILES string of the molecule is COC(=O)c1cc2nccc(-c3cc(Cl)cc4c3N([C@@H]3CN(C(=O)OC(C)(C)C)[C@@](C)(CO[Si](C)(C)C(C)(C)C)C3)CCC4)c2s1. The van der Waals surface area contributed by atoms with E-state index in [1.807, 2.05) is 37.8 Å². The molecule has 11 heteroatoms. The summed E-state index contributed by atoms with van der Waals surface area (Å²) >= 11 is 8.15. The molecule has 5 rings (SSSR count). The molecule has 1 aromatic carbocycles. The molecular formula is C35H48ClN3O5SSi. The number of rotatable bonds is 6. The highest BCUT2D eigenvalue weighted by molar-refractivity contribution is 7.21. The van der Waals surface area contributed by atoms with Crippen LogP contribution in [0, 0.1) is 0 Å². The minimum absolute atomic E-state index is 0.0332. The van der Waals surface area contributed by atoms with Gasteiger partial charge in [0.2, 0.25) is 0 Å². The molecule has 2 aliphatic heterocycles. The molecular weight excluding hydrogens is 638 g/mol. The van der Waals surface area contributed by atoms with E-state index in [1.54, 1.807) is 12.3 Å². The lowest BCUT2D eigenvalue weighted by atomic mass is 9.91. The molecule has 1 amide bonds. The van der Waals surface area contributed by atoms with E-state index in [0.29, 0.717) is 23.1 Å². The van der Waals surface area contributed by atoms with Crippen molar-refractivity contribution in [3.8, 4) is 11.1 Å². The van der Waals surface area contributed by atoms with Crippen LogP contribution in [0.4, 0.5) is 10.5 Å². The van der Waals surface area contributed by atoms with Gasteiger partial charge in [-0.1, -0.05) is 32.4 Å². The van der Waals surface area contributed by atoms with Crippen LogP contribution in [-0.2, 0) is 20.3 Å². The molecule has 3 aromatic rings. The van der Waals surface area contributed by atoms with Crippen molar-refractivity contribution in [3.63, 3.8) is 0 Å². The van der Waals surface area contributed by atoms with Crippen LogP contribution in [0.2, 0.25) is 23.2 Å². The summed E-state index contributed by atoms with van der Waals surface area (Å²) in [6, 6.07) is 7.90. The van der Waals surface area contributed by atoms with Crippen LogP contribution in [-0.4, -0.2) is 74.3 Å². The smallest absolute Gasteiger partial charge is 0.410 e. The first-order valence-electron chi connectivity index (χ1n) is 16.0. The van der Waals surface area contributed by atoms with Crippen molar-refractivity contribution in [2.45, 2.75) is 103 Å². The van der Waals surface area contributed by atoms with Gasteiger partial charge in [0, 0.05) is 47.2 Å². The zero-order chi connectivity index (χ0) is 33.8. The van der Waals surface area contributed by atoms with Crippen molar-refractivity contribution in [1.29, 1.82) is 0 Å². The van der Waals surface area contributed by atoms with Crippen LogP contribution < -0.4 is 4.90 Å². The maximum Gasteiger partial charge on any atom is 0.410 e. The van der Waals surface area contributed by atoms with Gasteiger partial charge in [-0.15, -0.1) is 11.3 Å². The quantitative estimate of drug-likeness (QED) is 0.189. The summed E-state index contributed by atoms with van der Waals surface area (Å²) < 4.78 is 18.7. The predicted octanol–water partition coefficient (Wildman–Crippen LogP) is 8.95. The number of esters is 1. The third-order valence-corrected chi connectivity index (χ3v) is 15.5. The fourth-order valence-corrected chi connectivity index (χ4v) is 8.69. The van der Waals surface area contributed by atoms with E-state index < -0.39 is 19.5 Å². The van der Waals surface area contributed by atoms with E-state index in [2.05, 4.69) is 56.7 Å². The van der Waals surface area contributed by atoms with Gasteiger partial charge in [-0.3, -0.25) is 9.88 Å². The number of aryl methyl sites for hydroxylation is 1. The minimum Gasteiger partial charge on any atom is -0.465 e. The fraction of sp³-hybridized carbons (Fsp3) is 0.571. The van der Waals surface area contributed by atoms with Crippen molar-refractivity contribution >= 4 is 59.2 Å². The van der Waals surface area contributed by atoms with Crippen LogP contribution in [0.1, 0.15) is 76.5 Å². The van der Waals surface area contributed by atoms with Crippen LogP contribution >= 0.6 is 22.9 Å². The Kier molecular flexibility index (Phi) is 9.36. The van der Waals surface area contributed by atoms with Crippen molar-refractivity contribution in [1.82, 2.24) is 9.88 Å². The van der Waals surface area contributed by atoms with Gasteiger partial charge < -0.3 is 18.8 Å². The number of fused-ring (bicyclic) bond motifs is 2. The number of hydrogen-bond donors (Lipinski definition) is 0. The number of methoxy groups -OCH3 is 1. The highest BCUT2D eigenvalue weighted by atomic mass is 35.5. The molecule has 250 valence electrons. The lowest BCUT2D eigenvalue weighted by Crippen LogP contribution is -2.53. The molecule has 0 radical (unpaired) electrons. The second-order valence-electron chi connectivity index (χ2n) is 15.4. The number of benzene rings is 1. The number of carbonyl (C=O) groups is 2. The number of amides is 1. The van der Waals surface area contributed by atoms with Crippen molar-refractivity contribution < 1.29 is 23.5 Å². The number of likely N-dealkylation sites (tertiary alicyclic amines) is 1. The van der Waals surface area contributed by atoms with Gasteiger partial charge in [0.15, 0.2) is 8.32 Å². The van der Waals surface area contributed by atoms with E-state index >= 15 is 0 Å². The molecule has 0 saturated carbocycles. The number of carbonyl (C=O) groups excluding carboxylic acids is 2. The Morgan fingerprint density at radius 3 is 2.50 bits per heavy atom.